The molecule has 12 heteroatoms. The van der Waals surface area contributed by atoms with E-state index in [1.807, 2.05) is 0 Å². The van der Waals surface area contributed by atoms with Gasteiger partial charge in [-0.3, -0.25) is 19.4 Å². The van der Waals surface area contributed by atoms with Crippen LogP contribution in [0.3, 0.4) is 0 Å². The van der Waals surface area contributed by atoms with Crippen LogP contribution in [-0.4, -0.2) is 55.6 Å². The number of nitrogens with zero attached hydrogens (tertiary/aromatic N) is 4. The van der Waals surface area contributed by atoms with Gasteiger partial charge in [0.25, 0.3) is 11.8 Å². The molecule has 2 unspecified atom stereocenters. The monoisotopic (exact) mass is 445 g/mol. The summed E-state index contributed by atoms with van der Waals surface area (Å²) >= 11 is 0. The molecule has 2 aromatic carbocycles. The summed E-state index contributed by atoms with van der Waals surface area (Å²) in [5.74, 6) is -2.96. The summed E-state index contributed by atoms with van der Waals surface area (Å²) in [5, 5.41) is 10.9. The van der Waals surface area contributed by atoms with E-state index in [0.29, 0.717) is 17.6 Å². The highest BCUT2D eigenvalue weighted by molar-refractivity contribution is 6.25. The highest BCUT2D eigenvalue weighted by atomic mass is 19.1. The molecular formula is C20H17F2N5O5. The third-order valence-corrected chi connectivity index (χ3v) is 4.99. The topological polar surface area (TPSA) is 113 Å². The molecular weight excluding hydrogens is 428 g/mol. The number of benzene rings is 2. The number of amides is 3. The van der Waals surface area contributed by atoms with Crippen LogP contribution in [0, 0.1) is 11.6 Å². The summed E-state index contributed by atoms with van der Waals surface area (Å²) in [5.41, 5.74) is 0.0184. The number of nitrogens with one attached hydrogen (secondary N) is 1. The molecule has 3 amide bonds. The van der Waals surface area contributed by atoms with E-state index >= 15 is 0 Å². The Balaban J connectivity index is 1.51. The Morgan fingerprint density at radius 2 is 1.81 bits per heavy atom. The first kappa shape index (κ1) is 21.2. The number of methoxy groups -OCH3 is 2. The molecule has 0 aromatic heterocycles. The fraction of sp³-hybridized carbons (Fsp3) is 0.250. The molecule has 2 atom stereocenters. The van der Waals surface area contributed by atoms with Gasteiger partial charge in [0.15, 0.2) is 23.6 Å². The van der Waals surface area contributed by atoms with Crippen molar-refractivity contribution in [1.82, 2.24) is 5.01 Å². The summed E-state index contributed by atoms with van der Waals surface area (Å²) in [7, 11) is 2.87. The molecule has 0 bridgehead atoms. The first-order valence-electron chi connectivity index (χ1n) is 9.36. The van der Waals surface area contributed by atoms with Gasteiger partial charge in [-0.15, -0.1) is 0 Å². The number of hydrogen-bond acceptors (Lipinski definition) is 8. The average molecular weight is 445 g/mol. The van der Waals surface area contributed by atoms with Crippen LogP contribution >= 0.6 is 0 Å². The number of fused-ring (bicyclic) bond motifs is 1. The Kier molecular flexibility index (Phi) is 5.43. The number of anilines is 2. The van der Waals surface area contributed by atoms with Crippen LogP contribution in [-0.2, 0) is 14.4 Å². The van der Waals surface area contributed by atoms with Crippen molar-refractivity contribution in [2.45, 2.75) is 12.1 Å². The fourth-order valence-electron chi connectivity index (χ4n) is 3.50. The molecule has 0 saturated carbocycles. The zero-order valence-electron chi connectivity index (χ0n) is 16.9. The highest BCUT2D eigenvalue weighted by Crippen LogP contribution is 2.36. The summed E-state index contributed by atoms with van der Waals surface area (Å²) in [6.07, 6.45) is 0. The average Bonchev–Trinajstić information content (AvgIpc) is 3.29. The van der Waals surface area contributed by atoms with Gasteiger partial charge in [0.2, 0.25) is 5.91 Å². The SMILES string of the molecule is COc1ccc(N2C(=O)C3N=NN(CC(=O)Nc4ccc(F)cc4F)C3C2=O)cc1OC. The molecule has 1 saturated heterocycles. The summed E-state index contributed by atoms with van der Waals surface area (Å²) in [6.45, 7) is -0.472. The number of carbonyl (C=O) groups excluding carboxylic acids is 3. The van der Waals surface area contributed by atoms with Gasteiger partial charge in [-0.25, -0.2) is 13.7 Å². The Bertz CT molecular complexity index is 1140. The molecule has 2 heterocycles. The molecule has 10 nitrogen and oxygen atoms in total. The second-order valence-corrected chi connectivity index (χ2v) is 6.92. The van der Waals surface area contributed by atoms with Crippen molar-refractivity contribution < 1.29 is 32.6 Å². The van der Waals surface area contributed by atoms with Gasteiger partial charge in [0.1, 0.15) is 18.2 Å². The van der Waals surface area contributed by atoms with E-state index in [1.54, 1.807) is 6.07 Å². The van der Waals surface area contributed by atoms with Gasteiger partial charge in [-0.05, 0) is 24.3 Å². The lowest BCUT2D eigenvalue weighted by Gasteiger charge is -2.20. The molecule has 0 radical (unpaired) electrons. The van der Waals surface area contributed by atoms with Crippen molar-refractivity contribution in [3.05, 3.63) is 48.0 Å². The van der Waals surface area contributed by atoms with E-state index in [4.69, 9.17) is 9.47 Å². The van der Waals surface area contributed by atoms with E-state index in [-0.39, 0.29) is 11.4 Å². The number of carbonyl (C=O) groups is 3. The van der Waals surface area contributed by atoms with Crippen LogP contribution < -0.4 is 19.7 Å². The van der Waals surface area contributed by atoms with Crippen LogP contribution in [0.2, 0.25) is 0 Å². The molecule has 166 valence electrons. The quantitative estimate of drug-likeness (QED) is 0.680. The highest BCUT2D eigenvalue weighted by Gasteiger charge is 2.55. The van der Waals surface area contributed by atoms with Crippen molar-refractivity contribution in [3.8, 4) is 11.5 Å². The van der Waals surface area contributed by atoms with E-state index in [1.165, 1.54) is 26.4 Å². The van der Waals surface area contributed by atoms with Crippen molar-refractivity contribution in [3.63, 3.8) is 0 Å². The molecule has 2 aliphatic rings. The van der Waals surface area contributed by atoms with Crippen LogP contribution in [0.5, 0.6) is 11.5 Å². The van der Waals surface area contributed by atoms with E-state index in [0.717, 1.165) is 22.0 Å². The lowest BCUT2D eigenvalue weighted by atomic mass is 10.1. The third kappa shape index (κ3) is 3.59. The van der Waals surface area contributed by atoms with E-state index in [9.17, 15) is 23.2 Å². The Labute approximate surface area is 180 Å². The van der Waals surface area contributed by atoms with E-state index < -0.39 is 48.0 Å². The van der Waals surface area contributed by atoms with Crippen LogP contribution in [0.25, 0.3) is 0 Å². The summed E-state index contributed by atoms with van der Waals surface area (Å²) in [6, 6.07) is 4.98. The first-order valence-corrected chi connectivity index (χ1v) is 9.36. The van der Waals surface area contributed by atoms with Gasteiger partial charge in [-0.2, -0.15) is 5.11 Å². The predicted molar refractivity (Wildman–Crippen MR) is 106 cm³/mol. The van der Waals surface area contributed by atoms with E-state index in [2.05, 4.69) is 15.7 Å². The fourth-order valence-corrected chi connectivity index (χ4v) is 3.50. The third-order valence-electron chi connectivity index (χ3n) is 4.99. The maximum absolute atomic E-state index is 13.8. The smallest absolute Gasteiger partial charge is 0.263 e. The number of imide groups is 1. The standard InChI is InChI=1S/C20H17F2N5O5/c1-31-14-6-4-11(8-15(14)32-2)27-19(29)17-18(20(27)30)26(25-24-17)9-16(28)23-13-5-3-10(21)7-12(13)22/h3-8,17-18H,9H2,1-2H3,(H,23,28). The molecule has 2 aliphatic heterocycles. The van der Waals surface area contributed by atoms with Gasteiger partial charge in [-0.1, -0.05) is 5.22 Å². The Morgan fingerprint density at radius 3 is 2.50 bits per heavy atom. The number of rotatable bonds is 6. The molecule has 1 N–H and O–H groups in total. The normalized spacial score (nSPS) is 19.4. The molecule has 32 heavy (non-hydrogen) atoms. The maximum atomic E-state index is 13.8. The molecule has 4 rings (SSSR count). The second kappa shape index (κ2) is 8.21. The minimum atomic E-state index is -1.13. The van der Waals surface area contributed by atoms with Gasteiger partial charge < -0.3 is 14.8 Å². The van der Waals surface area contributed by atoms with Crippen molar-refractivity contribution in [2.75, 3.05) is 31.0 Å². The number of hydrogen-bond donors (Lipinski definition) is 1. The largest absolute Gasteiger partial charge is 0.493 e. The first-order chi connectivity index (χ1) is 15.3. The lowest BCUT2D eigenvalue weighted by Crippen LogP contribution is -2.43. The van der Waals surface area contributed by atoms with Crippen LogP contribution in [0.1, 0.15) is 0 Å². The minimum Gasteiger partial charge on any atom is -0.493 e. The zero-order valence-corrected chi connectivity index (χ0v) is 16.9. The van der Waals surface area contributed by atoms with Gasteiger partial charge in [0.05, 0.1) is 25.6 Å². The van der Waals surface area contributed by atoms with Crippen molar-refractivity contribution >= 4 is 29.1 Å². The molecule has 2 aromatic rings. The van der Waals surface area contributed by atoms with Gasteiger partial charge >= 0.3 is 0 Å². The minimum absolute atomic E-state index is 0.232. The Morgan fingerprint density at radius 1 is 1.06 bits per heavy atom. The number of ether oxygens (including phenoxy) is 2. The Hall–Kier alpha value is -4.09. The molecule has 1 fully saturated rings. The lowest BCUT2D eigenvalue weighted by molar-refractivity contribution is -0.123. The zero-order chi connectivity index (χ0) is 23.0. The summed E-state index contributed by atoms with van der Waals surface area (Å²) < 4.78 is 37.2. The molecule has 0 spiro atoms. The summed E-state index contributed by atoms with van der Waals surface area (Å²) in [4.78, 5) is 39.1. The van der Waals surface area contributed by atoms with Crippen molar-refractivity contribution in [2.24, 2.45) is 10.3 Å². The van der Waals surface area contributed by atoms with Crippen LogP contribution in [0.15, 0.2) is 46.7 Å². The maximum Gasteiger partial charge on any atom is 0.263 e. The predicted octanol–water partition coefficient (Wildman–Crippen LogP) is 1.91. The second-order valence-electron chi connectivity index (χ2n) is 6.92. The van der Waals surface area contributed by atoms with Gasteiger partial charge in [0, 0.05) is 12.1 Å². The number of halogens is 2. The van der Waals surface area contributed by atoms with Crippen LogP contribution in [0.4, 0.5) is 20.2 Å². The van der Waals surface area contributed by atoms with Crippen molar-refractivity contribution in [1.29, 1.82) is 0 Å². The molecule has 0 aliphatic carbocycles.